The van der Waals surface area contributed by atoms with Gasteiger partial charge in [-0.25, -0.2) is 9.48 Å². The van der Waals surface area contributed by atoms with Crippen molar-refractivity contribution >= 4 is 40.7 Å². The van der Waals surface area contributed by atoms with Crippen LogP contribution in [0.15, 0.2) is 17.3 Å². The number of carbonyl (C=O) groups excluding carboxylic acids is 1. The minimum Gasteiger partial charge on any atom is -0.477 e. The van der Waals surface area contributed by atoms with Gasteiger partial charge in [-0.15, -0.1) is 28.2 Å². The Bertz CT molecular complexity index is 1170. The third-order valence-electron chi connectivity index (χ3n) is 7.30. The van der Waals surface area contributed by atoms with Gasteiger partial charge in [0.25, 0.3) is 0 Å². The van der Waals surface area contributed by atoms with Gasteiger partial charge in [0, 0.05) is 29.7 Å². The van der Waals surface area contributed by atoms with Gasteiger partial charge >= 0.3 is 5.97 Å². The van der Waals surface area contributed by atoms with Gasteiger partial charge < -0.3 is 10.0 Å². The van der Waals surface area contributed by atoms with Crippen molar-refractivity contribution in [1.29, 1.82) is 0 Å². The van der Waals surface area contributed by atoms with E-state index < -0.39 is 5.97 Å². The first-order valence-electron chi connectivity index (χ1n) is 13.3. The SMILES string of the molecule is Cn1nncc1S[C@H]1CC[C@H](N(c2cc(C#CC(C)(C)C)sc2C(=O)O)C(=O)[C@H]2CC[C@H](C)CC2)CC1. The molecule has 37 heavy (non-hydrogen) atoms. The molecule has 0 unspecified atom stereocenters. The molecule has 9 heteroatoms. The van der Waals surface area contributed by atoms with Crippen molar-refractivity contribution in [2.45, 2.75) is 95.4 Å². The lowest BCUT2D eigenvalue weighted by molar-refractivity contribution is -0.124. The third kappa shape index (κ3) is 6.97. The number of carboxylic acids is 1. The van der Waals surface area contributed by atoms with E-state index in [0.29, 0.717) is 21.7 Å². The van der Waals surface area contributed by atoms with E-state index in [4.69, 9.17) is 0 Å². The topological polar surface area (TPSA) is 88.3 Å². The molecule has 4 rings (SSSR count). The van der Waals surface area contributed by atoms with E-state index in [1.807, 2.05) is 38.8 Å². The Labute approximate surface area is 228 Å². The van der Waals surface area contributed by atoms with Crippen LogP contribution in [0.25, 0.3) is 0 Å². The molecule has 0 aromatic carbocycles. The van der Waals surface area contributed by atoms with Crippen LogP contribution < -0.4 is 4.90 Å². The van der Waals surface area contributed by atoms with Crippen LogP contribution in [0.5, 0.6) is 0 Å². The largest absolute Gasteiger partial charge is 0.477 e. The van der Waals surface area contributed by atoms with Gasteiger partial charge in [0.2, 0.25) is 5.91 Å². The lowest BCUT2D eigenvalue weighted by atomic mass is 9.81. The summed E-state index contributed by atoms with van der Waals surface area (Å²) in [5, 5.41) is 19.6. The van der Waals surface area contributed by atoms with Gasteiger partial charge in [-0.3, -0.25) is 4.79 Å². The zero-order chi connectivity index (χ0) is 26.7. The molecule has 2 aromatic heterocycles. The summed E-state index contributed by atoms with van der Waals surface area (Å²) in [4.78, 5) is 29.2. The first-order chi connectivity index (χ1) is 17.5. The Morgan fingerprint density at radius 2 is 1.81 bits per heavy atom. The van der Waals surface area contributed by atoms with Crippen molar-refractivity contribution in [3.05, 3.63) is 22.0 Å². The zero-order valence-corrected chi connectivity index (χ0v) is 24.1. The number of anilines is 1. The maximum absolute atomic E-state index is 14.1. The average molecular weight is 543 g/mol. The summed E-state index contributed by atoms with van der Waals surface area (Å²) in [7, 11) is 1.90. The Morgan fingerprint density at radius 3 is 2.38 bits per heavy atom. The highest BCUT2D eigenvalue weighted by molar-refractivity contribution is 7.99. The van der Waals surface area contributed by atoms with Crippen molar-refractivity contribution in [2.75, 3.05) is 4.90 Å². The van der Waals surface area contributed by atoms with Crippen molar-refractivity contribution in [1.82, 2.24) is 15.0 Å². The monoisotopic (exact) mass is 542 g/mol. The molecule has 2 saturated carbocycles. The van der Waals surface area contributed by atoms with E-state index in [0.717, 1.165) is 56.4 Å². The molecule has 0 aliphatic heterocycles. The molecule has 0 bridgehead atoms. The molecule has 1 amide bonds. The van der Waals surface area contributed by atoms with Gasteiger partial charge in [-0.2, -0.15) is 0 Å². The Hall–Kier alpha value is -2.31. The fourth-order valence-electron chi connectivity index (χ4n) is 5.20. The molecule has 2 aromatic rings. The van der Waals surface area contributed by atoms with Gasteiger partial charge in [0.05, 0.1) is 16.8 Å². The highest BCUT2D eigenvalue weighted by Crippen LogP contribution is 2.41. The highest BCUT2D eigenvalue weighted by atomic mass is 32.2. The number of hydrogen-bond acceptors (Lipinski definition) is 6. The van der Waals surface area contributed by atoms with Crippen LogP contribution in [-0.2, 0) is 11.8 Å². The number of amides is 1. The number of aromatic nitrogens is 3. The number of aromatic carboxylic acids is 1. The summed E-state index contributed by atoms with van der Waals surface area (Å²) in [5.74, 6) is 6.07. The molecule has 2 fully saturated rings. The van der Waals surface area contributed by atoms with Crippen molar-refractivity contribution in [2.24, 2.45) is 24.3 Å². The summed E-state index contributed by atoms with van der Waals surface area (Å²) in [6, 6.07) is 1.84. The number of carboxylic acid groups (broad SMARTS) is 1. The zero-order valence-electron chi connectivity index (χ0n) is 22.5. The minimum atomic E-state index is -0.994. The molecule has 0 radical (unpaired) electrons. The second-order valence-corrected chi connectivity index (χ2v) is 13.9. The number of nitrogens with zero attached hydrogens (tertiary/aromatic N) is 4. The fourth-order valence-corrected chi connectivity index (χ4v) is 7.19. The molecular formula is C28H38N4O3S2. The number of aryl methyl sites for hydroxylation is 1. The van der Waals surface area contributed by atoms with Crippen LogP contribution in [0.2, 0.25) is 0 Å². The van der Waals surface area contributed by atoms with Gasteiger partial charge in [-0.1, -0.05) is 24.0 Å². The van der Waals surface area contributed by atoms with Crippen LogP contribution in [0.3, 0.4) is 0 Å². The summed E-state index contributed by atoms with van der Waals surface area (Å²) >= 11 is 2.97. The maximum atomic E-state index is 14.1. The summed E-state index contributed by atoms with van der Waals surface area (Å²) in [5.41, 5.74) is 0.340. The predicted molar refractivity (Wildman–Crippen MR) is 149 cm³/mol. The normalized spacial score (nSPS) is 24.2. The number of hydrogen-bond donors (Lipinski definition) is 1. The molecule has 7 nitrogen and oxygen atoms in total. The van der Waals surface area contributed by atoms with E-state index in [-0.39, 0.29) is 28.2 Å². The molecular weight excluding hydrogens is 504 g/mol. The third-order valence-corrected chi connectivity index (χ3v) is 9.74. The van der Waals surface area contributed by atoms with Crippen molar-refractivity contribution in [3.63, 3.8) is 0 Å². The molecule has 2 aliphatic rings. The molecule has 200 valence electrons. The minimum absolute atomic E-state index is 0.00973. The first-order valence-corrected chi connectivity index (χ1v) is 15.0. The standard InChI is InChI=1S/C28H38N4O3S2/c1-18-6-8-19(9-7-18)26(33)32(20-10-12-21(13-11-20)36-24-17-29-30-31(24)5)23-16-22(14-15-28(2,3)4)37-25(23)27(34)35/h16-21H,6-13H2,1-5H3,(H,34,35)/t18-,19-,20-,21-. The Kier molecular flexibility index (Phi) is 8.70. The van der Waals surface area contributed by atoms with E-state index in [9.17, 15) is 14.7 Å². The lowest BCUT2D eigenvalue weighted by Gasteiger charge is -2.39. The lowest BCUT2D eigenvalue weighted by Crippen LogP contribution is -2.46. The second-order valence-electron chi connectivity index (χ2n) is 11.5. The smallest absolute Gasteiger partial charge is 0.348 e. The molecule has 0 atom stereocenters. The van der Waals surface area contributed by atoms with E-state index in [1.54, 1.807) is 22.6 Å². The van der Waals surface area contributed by atoms with Crippen molar-refractivity contribution in [3.8, 4) is 11.8 Å². The molecule has 0 saturated heterocycles. The second kappa shape index (κ2) is 11.6. The van der Waals surface area contributed by atoms with Gasteiger partial charge in [-0.05, 0) is 84.1 Å². The molecule has 1 N–H and O–H groups in total. The van der Waals surface area contributed by atoms with Gasteiger partial charge in [0.1, 0.15) is 9.90 Å². The number of rotatable bonds is 6. The van der Waals surface area contributed by atoms with Crippen molar-refractivity contribution < 1.29 is 14.7 Å². The number of carbonyl (C=O) groups is 2. The Morgan fingerprint density at radius 1 is 1.14 bits per heavy atom. The number of thiophene rings is 1. The maximum Gasteiger partial charge on any atom is 0.348 e. The first kappa shape index (κ1) is 27.7. The molecule has 2 heterocycles. The quantitative estimate of drug-likeness (QED) is 0.435. The predicted octanol–water partition coefficient (Wildman–Crippen LogP) is 6.24. The fraction of sp³-hybridized carbons (Fsp3) is 0.643. The van der Waals surface area contributed by atoms with Gasteiger partial charge in [0.15, 0.2) is 0 Å². The van der Waals surface area contributed by atoms with E-state index in [2.05, 4.69) is 29.1 Å². The summed E-state index contributed by atoms with van der Waals surface area (Å²) in [6.07, 6.45) is 9.22. The summed E-state index contributed by atoms with van der Waals surface area (Å²) in [6.45, 7) is 8.34. The Balaban J connectivity index is 1.62. The highest BCUT2D eigenvalue weighted by Gasteiger charge is 2.37. The van der Waals surface area contributed by atoms with Crippen LogP contribution >= 0.6 is 23.1 Å². The van der Waals surface area contributed by atoms with Crippen LogP contribution in [-0.4, -0.2) is 43.3 Å². The van der Waals surface area contributed by atoms with Crippen LogP contribution in [0, 0.1) is 29.1 Å². The van der Waals surface area contributed by atoms with E-state index >= 15 is 0 Å². The molecule has 2 aliphatic carbocycles. The number of thioether (sulfide) groups is 1. The van der Waals surface area contributed by atoms with E-state index in [1.165, 1.54) is 11.3 Å². The molecule has 0 spiro atoms. The average Bonchev–Trinajstić information content (AvgIpc) is 3.45. The summed E-state index contributed by atoms with van der Waals surface area (Å²) < 4.78 is 1.79. The van der Waals surface area contributed by atoms with Crippen LogP contribution in [0.4, 0.5) is 5.69 Å². The van der Waals surface area contributed by atoms with Crippen LogP contribution in [0.1, 0.15) is 93.6 Å².